The van der Waals surface area contributed by atoms with Gasteiger partial charge in [0, 0.05) is 11.5 Å². The Balaban J connectivity index is 3.89. The molecule has 0 atom stereocenters. The van der Waals surface area contributed by atoms with Crippen molar-refractivity contribution in [2.45, 2.75) is 13.8 Å². The lowest BCUT2D eigenvalue weighted by molar-refractivity contribution is 0.323. The minimum absolute atomic E-state index is 0.425. The maximum absolute atomic E-state index is 11.9. The maximum atomic E-state index is 11.9. The van der Waals surface area contributed by atoms with Crippen molar-refractivity contribution in [3.8, 4) is 6.07 Å². The molecule has 2 heteroatoms. The van der Waals surface area contributed by atoms with Crippen LogP contribution in [0.3, 0.4) is 0 Å². The Bertz CT molecular complexity index is 141. The van der Waals surface area contributed by atoms with Gasteiger partial charge in [0.25, 0.3) is 0 Å². The predicted octanol–water partition coefficient (Wildman–Crippen LogP) is 2.06. The van der Waals surface area contributed by atoms with Crippen LogP contribution in [-0.4, -0.2) is 6.67 Å². The van der Waals surface area contributed by atoms with Gasteiger partial charge in [-0.1, -0.05) is 19.9 Å². The van der Waals surface area contributed by atoms with Gasteiger partial charge in [0.2, 0.25) is 0 Å². The van der Waals surface area contributed by atoms with Gasteiger partial charge in [0.1, 0.15) is 0 Å². The SMILES string of the molecule is CC(C)(C=CC#N)CF. The molecule has 0 fully saturated rings. The summed E-state index contributed by atoms with van der Waals surface area (Å²) in [6.45, 7) is 3.05. The fourth-order valence-corrected chi connectivity index (χ4v) is 0.307. The second-order valence-electron chi connectivity index (χ2n) is 2.58. The van der Waals surface area contributed by atoms with Crippen LogP contribution in [0, 0.1) is 16.7 Å². The highest BCUT2D eigenvalue weighted by molar-refractivity contribution is 5.06. The largest absolute Gasteiger partial charge is 0.250 e. The van der Waals surface area contributed by atoms with E-state index in [2.05, 4.69) is 0 Å². The number of allylic oxidation sites excluding steroid dienone is 2. The maximum Gasteiger partial charge on any atom is 0.0980 e. The van der Waals surface area contributed by atoms with Gasteiger partial charge in [-0.05, 0) is 0 Å². The summed E-state index contributed by atoms with van der Waals surface area (Å²) < 4.78 is 11.9. The van der Waals surface area contributed by atoms with Gasteiger partial charge in [-0.3, -0.25) is 4.39 Å². The molecule has 0 heterocycles. The predicted molar refractivity (Wildman–Crippen MR) is 34.5 cm³/mol. The highest BCUT2D eigenvalue weighted by atomic mass is 19.1. The first kappa shape index (κ1) is 8.16. The van der Waals surface area contributed by atoms with Crippen molar-refractivity contribution in [3.05, 3.63) is 12.2 Å². The summed E-state index contributed by atoms with van der Waals surface area (Å²) >= 11 is 0. The zero-order chi connectivity index (χ0) is 7.33. The molecule has 0 saturated carbocycles. The van der Waals surface area contributed by atoms with E-state index in [9.17, 15) is 4.39 Å². The molecule has 0 radical (unpaired) electrons. The Morgan fingerprint density at radius 3 is 2.56 bits per heavy atom. The van der Waals surface area contributed by atoms with Crippen molar-refractivity contribution < 1.29 is 4.39 Å². The summed E-state index contributed by atoms with van der Waals surface area (Å²) in [7, 11) is 0. The van der Waals surface area contributed by atoms with Crippen molar-refractivity contribution >= 4 is 0 Å². The molecular weight excluding hydrogens is 117 g/mol. The average Bonchev–Trinajstić information content (AvgIpc) is 1.84. The third-order valence-electron chi connectivity index (χ3n) is 0.953. The number of nitriles is 1. The third-order valence-corrected chi connectivity index (χ3v) is 0.953. The molecule has 9 heavy (non-hydrogen) atoms. The van der Waals surface area contributed by atoms with Crippen LogP contribution in [0.25, 0.3) is 0 Å². The molecule has 0 spiro atoms. The number of hydrogen-bond acceptors (Lipinski definition) is 1. The molecule has 1 nitrogen and oxygen atoms in total. The number of halogens is 1. The first-order valence-electron chi connectivity index (χ1n) is 2.76. The van der Waals surface area contributed by atoms with Gasteiger partial charge in [-0.15, -0.1) is 0 Å². The highest BCUT2D eigenvalue weighted by Crippen LogP contribution is 2.16. The monoisotopic (exact) mass is 127 g/mol. The molecule has 0 N–H and O–H groups in total. The molecule has 0 aliphatic heterocycles. The number of hydrogen-bond donors (Lipinski definition) is 0. The average molecular weight is 127 g/mol. The molecule has 0 bridgehead atoms. The van der Waals surface area contributed by atoms with Crippen molar-refractivity contribution in [2.75, 3.05) is 6.67 Å². The Hall–Kier alpha value is -0.840. The lowest BCUT2D eigenvalue weighted by Crippen LogP contribution is -2.08. The summed E-state index contributed by atoms with van der Waals surface area (Å²) in [4.78, 5) is 0. The first-order chi connectivity index (χ1) is 4.12. The van der Waals surface area contributed by atoms with E-state index in [0.29, 0.717) is 0 Å². The lowest BCUT2D eigenvalue weighted by Gasteiger charge is -2.12. The van der Waals surface area contributed by atoms with E-state index in [1.54, 1.807) is 19.9 Å². The smallest absolute Gasteiger partial charge is 0.0980 e. The zero-order valence-electron chi connectivity index (χ0n) is 5.69. The third kappa shape index (κ3) is 3.72. The normalized spacial score (nSPS) is 11.8. The number of rotatable bonds is 2. The Morgan fingerprint density at radius 2 is 2.22 bits per heavy atom. The number of alkyl halides is 1. The summed E-state index contributed by atoms with van der Waals surface area (Å²) in [6, 6.07) is 1.81. The van der Waals surface area contributed by atoms with E-state index in [1.807, 2.05) is 6.07 Å². The van der Waals surface area contributed by atoms with E-state index < -0.39 is 12.1 Å². The molecule has 0 unspecified atom stereocenters. The first-order valence-corrected chi connectivity index (χ1v) is 2.76. The van der Waals surface area contributed by atoms with E-state index in [-0.39, 0.29) is 0 Å². The van der Waals surface area contributed by atoms with Crippen LogP contribution < -0.4 is 0 Å². The lowest BCUT2D eigenvalue weighted by atomic mass is 9.95. The minimum atomic E-state index is -0.476. The fourth-order valence-electron chi connectivity index (χ4n) is 0.307. The van der Waals surface area contributed by atoms with Crippen molar-refractivity contribution in [2.24, 2.45) is 5.41 Å². The summed E-state index contributed by atoms with van der Waals surface area (Å²) in [5.74, 6) is 0. The number of nitrogens with zero attached hydrogens (tertiary/aromatic N) is 1. The quantitative estimate of drug-likeness (QED) is 0.521. The van der Waals surface area contributed by atoms with Crippen LogP contribution in [0.2, 0.25) is 0 Å². The zero-order valence-corrected chi connectivity index (χ0v) is 5.69. The Kier molecular flexibility index (Phi) is 2.94. The van der Waals surface area contributed by atoms with Gasteiger partial charge in [0.05, 0.1) is 12.7 Å². The summed E-state index contributed by atoms with van der Waals surface area (Å²) in [5, 5.41) is 8.07. The second kappa shape index (κ2) is 3.24. The topological polar surface area (TPSA) is 23.8 Å². The minimum Gasteiger partial charge on any atom is -0.250 e. The molecule has 0 aromatic carbocycles. The highest BCUT2D eigenvalue weighted by Gasteiger charge is 2.11. The van der Waals surface area contributed by atoms with Crippen LogP contribution in [0.1, 0.15) is 13.8 Å². The molecule has 0 aliphatic rings. The summed E-state index contributed by atoms with van der Waals surface area (Å²) in [6.07, 6.45) is 2.87. The van der Waals surface area contributed by atoms with Crippen LogP contribution >= 0.6 is 0 Å². The summed E-state index contributed by atoms with van der Waals surface area (Å²) in [5.41, 5.74) is -0.476. The fraction of sp³-hybridized carbons (Fsp3) is 0.571. The van der Waals surface area contributed by atoms with Crippen LogP contribution in [0.15, 0.2) is 12.2 Å². The van der Waals surface area contributed by atoms with Crippen molar-refractivity contribution in [3.63, 3.8) is 0 Å². The van der Waals surface area contributed by atoms with E-state index in [0.717, 1.165) is 0 Å². The molecule has 0 aromatic rings. The van der Waals surface area contributed by atoms with Gasteiger partial charge in [-0.25, -0.2) is 0 Å². The molecule has 0 amide bonds. The molecule has 0 saturated heterocycles. The Labute approximate surface area is 54.8 Å². The Morgan fingerprint density at radius 1 is 1.67 bits per heavy atom. The van der Waals surface area contributed by atoms with Gasteiger partial charge < -0.3 is 0 Å². The van der Waals surface area contributed by atoms with E-state index in [4.69, 9.17) is 5.26 Å². The molecule has 0 aliphatic carbocycles. The van der Waals surface area contributed by atoms with Crippen LogP contribution in [0.4, 0.5) is 4.39 Å². The molecule has 0 rings (SSSR count). The van der Waals surface area contributed by atoms with Gasteiger partial charge in [-0.2, -0.15) is 5.26 Å². The van der Waals surface area contributed by atoms with Crippen LogP contribution in [-0.2, 0) is 0 Å². The van der Waals surface area contributed by atoms with Gasteiger partial charge >= 0.3 is 0 Å². The molecule has 0 aromatic heterocycles. The standard InChI is InChI=1S/C7H10FN/c1-7(2,6-8)4-3-5-9/h3-4H,6H2,1-2H3. The van der Waals surface area contributed by atoms with Crippen molar-refractivity contribution in [1.29, 1.82) is 5.26 Å². The molecule has 50 valence electrons. The van der Waals surface area contributed by atoms with E-state index in [1.165, 1.54) is 6.08 Å². The van der Waals surface area contributed by atoms with Crippen molar-refractivity contribution in [1.82, 2.24) is 0 Å². The second-order valence-corrected chi connectivity index (χ2v) is 2.58. The molecular formula is C7H10FN. The van der Waals surface area contributed by atoms with Crippen LogP contribution in [0.5, 0.6) is 0 Å². The van der Waals surface area contributed by atoms with Gasteiger partial charge in [0.15, 0.2) is 0 Å². The van der Waals surface area contributed by atoms with E-state index >= 15 is 0 Å².